The fourth-order valence-electron chi connectivity index (χ4n) is 1.72. The van der Waals surface area contributed by atoms with Crippen LogP contribution in [0.25, 0.3) is 0 Å². The van der Waals surface area contributed by atoms with Crippen LogP contribution in [0.4, 0.5) is 0 Å². The summed E-state index contributed by atoms with van der Waals surface area (Å²) in [6.45, 7) is 6.88. The highest BCUT2D eigenvalue weighted by Crippen LogP contribution is 2.21. The normalized spacial score (nSPS) is 11.4. The van der Waals surface area contributed by atoms with E-state index in [9.17, 15) is 0 Å². The second-order valence-electron chi connectivity index (χ2n) is 4.02. The van der Waals surface area contributed by atoms with Crippen LogP contribution in [0.5, 0.6) is 5.88 Å². The minimum absolute atomic E-state index is 0.768. The van der Waals surface area contributed by atoms with E-state index >= 15 is 0 Å². The van der Waals surface area contributed by atoms with Crippen molar-refractivity contribution < 1.29 is 4.74 Å². The summed E-state index contributed by atoms with van der Waals surface area (Å²) in [4.78, 5) is 4.18. The van der Waals surface area contributed by atoms with Gasteiger partial charge in [0.1, 0.15) is 0 Å². The minimum atomic E-state index is -1.16. The number of pyridine rings is 1. The van der Waals surface area contributed by atoms with Crippen LogP contribution >= 0.6 is 0 Å². The van der Waals surface area contributed by atoms with Crippen molar-refractivity contribution in [3.63, 3.8) is 0 Å². The highest BCUT2D eigenvalue weighted by molar-refractivity contribution is 6.79. The Bertz CT molecular complexity index is 264. The monoisotopic (exact) mass is 223 g/mol. The van der Waals surface area contributed by atoms with Gasteiger partial charge in [0.2, 0.25) is 5.88 Å². The molecule has 0 saturated heterocycles. The van der Waals surface area contributed by atoms with Gasteiger partial charge in [-0.3, -0.25) is 0 Å². The summed E-state index contributed by atoms with van der Waals surface area (Å²) in [5.74, 6) is 0.768. The van der Waals surface area contributed by atoms with Crippen LogP contribution in [0.1, 0.15) is 20.8 Å². The standard InChI is InChI=1S/C12H21NOSi/c1-4-15(5-2,6-3)11-14-12-9-7-8-10-13-12/h7-10H,4-6,11H2,1-3H3. The molecule has 0 aliphatic heterocycles. The molecule has 0 spiro atoms. The quantitative estimate of drug-likeness (QED) is 0.689. The van der Waals surface area contributed by atoms with Crippen molar-refractivity contribution in [2.45, 2.75) is 38.9 Å². The van der Waals surface area contributed by atoms with Crippen LogP contribution in [-0.4, -0.2) is 19.3 Å². The third-order valence-corrected chi connectivity index (χ3v) is 8.67. The number of aromatic nitrogens is 1. The van der Waals surface area contributed by atoms with E-state index in [2.05, 4.69) is 25.8 Å². The lowest BCUT2D eigenvalue weighted by Gasteiger charge is -2.27. The largest absolute Gasteiger partial charge is 0.481 e. The van der Waals surface area contributed by atoms with E-state index in [4.69, 9.17) is 4.74 Å². The summed E-state index contributed by atoms with van der Waals surface area (Å²) in [7, 11) is -1.16. The van der Waals surface area contributed by atoms with Crippen LogP contribution in [0.3, 0.4) is 0 Å². The molecule has 0 aliphatic rings. The van der Waals surface area contributed by atoms with E-state index < -0.39 is 8.07 Å². The molecule has 0 bridgehead atoms. The van der Waals surface area contributed by atoms with Gasteiger partial charge in [-0.15, -0.1) is 0 Å². The average Bonchev–Trinajstić information content (AvgIpc) is 2.33. The first-order chi connectivity index (χ1) is 7.26. The Morgan fingerprint density at radius 2 is 1.80 bits per heavy atom. The summed E-state index contributed by atoms with van der Waals surface area (Å²) in [6, 6.07) is 9.71. The first-order valence-electron chi connectivity index (χ1n) is 5.80. The minimum Gasteiger partial charge on any atom is -0.481 e. The Morgan fingerprint density at radius 3 is 2.27 bits per heavy atom. The predicted octanol–water partition coefficient (Wildman–Crippen LogP) is 3.51. The molecule has 0 fully saturated rings. The molecule has 0 aliphatic carbocycles. The van der Waals surface area contributed by atoms with Crippen molar-refractivity contribution in [1.82, 2.24) is 4.98 Å². The Labute approximate surface area is 93.7 Å². The van der Waals surface area contributed by atoms with Gasteiger partial charge >= 0.3 is 0 Å². The molecule has 1 aromatic rings. The molecular formula is C12H21NOSi. The van der Waals surface area contributed by atoms with Gasteiger partial charge in [0.15, 0.2) is 0 Å². The van der Waals surface area contributed by atoms with E-state index in [1.165, 1.54) is 18.1 Å². The molecule has 15 heavy (non-hydrogen) atoms. The molecule has 3 heteroatoms. The smallest absolute Gasteiger partial charge is 0.212 e. The molecule has 1 rings (SSSR count). The summed E-state index contributed by atoms with van der Waals surface area (Å²) in [5.41, 5.74) is 0. The fourth-order valence-corrected chi connectivity index (χ4v) is 4.28. The van der Waals surface area contributed by atoms with Crippen molar-refractivity contribution >= 4 is 8.07 Å². The van der Waals surface area contributed by atoms with Gasteiger partial charge in [-0.1, -0.05) is 45.0 Å². The zero-order valence-electron chi connectivity index (χ0n) is 9.99. The van der Waals surface area contributed by atoms with Gasteiger partial charge in [-0.25, -0.2) is 4.98 Å². The van der Waals surface area contributed by atoms with Gasteiger partial charge in [0.25, 0.3) is 0 Å². The van der Waals surface area contributed by atoms with Gasteiger partial charge in [0, 0.05) is 12.3 Å². The zero-order valence-corrected chi connectivity index (χ0v) is 11.0. The average molecular weight is 223 g/mol. The first-order valence-corrected chi connectivity index (χ1v) is 8.63. The Kier molecular flexibility index (Phi) is 4.82. The van der Waals surface area contributed by atoms with E-state index in [-0.39, 0.29) is 0 Å². The van der Waals surface area contributed by atoms with E-state index in [1.54, 1.807) is 6.20 Å². The van der Waals surface area contributed by atoms with Crippen LogP contribution in [0, 0.1) is 0 Å². The summed E-state index contributed by atoms with van der Waals surface area (Å²) >= 11 is 0. The maximum absolute atomic E-state index is 5.79. The lowest BCUT2D eigenvalue weighted by molar-refractivity contribution is 0.360. The molecule has 0 unspecified atom stereocenters. The second-order valence-corrected chi connectivity index (χ2v) is 9.43. The topological polar surface area (TPSA) is 22.1 Å². The Morgan fingerprint density at radius 1 is 1.13 bits per heavy atom. The van der Waals surface area contributed by atoms with Crippen LogP contribution in [0.2, 0.25) is 18.1 Å². The molecule has 0 N–H and O–H groups in total. The highest BCUT2D eigenvalue weighted by atomic mass is 28.3. The molecule has 2 nitrogen and oxygen atoms in total. The molecular weight excluding hydrogens is 202 g/mol. The highest BCUT2D eigenvalue weighted by Gasteiger charge is 2.27. The lowest BCUT2D eigenvalue weighted by atomic mass is 10.5. The van der Waals surface area contributed by atoms with Gasteiger partial charge in [-0.2, -0.15) is 0 Å². The molecule has 84 valence electrons. The van der Waals surface area contributed by atoms with Gasteiger partial charge in [0.05, 0.1) is 14.3 Å². The van der Waals surface area contributed by atoms with Crippen LogP contribution in [0.15, 0.2) is 24.4 Å². The van der Waals surface area contributed by atoms with Crippen molar-refractivity contribution in [2.75, 3.05) is 6.23 Å². The molecule has 0 radical (unpaired) electrons. The van der Waals surface area contributed by atoms with Crippen molar-refractivity contribution in [3.05, 3.63) is 24.4 Å². The fraction of sp³-hybridized carbons (Fsp3) is 0.583. The van der Waals surface area contributed by atoms with E-state index in [0.717, 1.165) is 12.1 Å². The van der Waals surface area contributed by atoms with Crippen molar-refractivity contribution in [1.29, 1.82) is 0 Å². The molecule has 1 aromatic heterocycles. The lowest BCUT2D eigenvalue weighted by Crippen LogP contribution is -2.39. The van der Waals surface area contributed by atoms with Gasteiger partial charge in [-0.05, 0) is 6.07 Å². The Hall–Kier alpha value is -0.833. The number of ether oxygens (including phenoxy) is 1. The predicted molar refractivity (Wildman–Crippen MR) is 66.9 cm³/mol. The van der Waals surface area contributed by atoms with Crippen molar-refractivity contribution in [2.24, 2.45) is 0 Å². The van der Waals surface area contributed by atoms with Crippen LogP contribution in [-0.2, 0) is 0 Å². The number of nitrogens with zero attached hydrogens (tertiary/aromatic N) is 1. The molecule has 0 aromatic carbocycles. The summed E-state index contributed by atoms with van der Waals surface area (Å²) in [5, 5.41) is 0. The zero-order chi connectivity index (χ0) is 11.1. The second kappa shape index (κ2) is 5.91. The maximum atomic E-state index is 5.79. The van der Waals surface area contributed by atoms with Crippen molar-refractivity contribution in [3.8, 4) is 5.88 Å². The molecule has 0 amide bonds. The summed E-state index contributed by atoms with van der Waals surface area (Å²) < 4.78 is 5.79. The Balaban J connectivity index is 2.54. The third-order valence-electron chi connectivity index (χ3n) is 3.41. The van der Waals surface area contributed by atoms with E-state index in [0.29, 0.717) is 0 Å². The number of rotatable bonds is 6. The summed E-state index contributed by atoms with van der Waals surface area (Å²) in [6.07, 6.45) is 2.69. The third kappa shape index (κ3) is 3.34. The number of hydrogen-bond donors (Lipinski definition) is 0. The molecule has 0 saturated carbocycles. The maximum Gasteiger partial charge on any atom is 0.212 e. The first kappa shape index (κ1) is 12.2. The SMILES string of the molecule is CC[Si](CC)(CC)COc1ccccn1. The van der Waals surface area contributed by atoms with Crippen LogP contribution < -0.4 is 4.74 Å². The van der Waals surface area contributed by atoms with Gasteiger partial charge < -0.3 is 4.74 Å². The molecule has 1 heterocycles. The number of hydrogen-bond acceptors (Lipinski definition) is 2. The van der Waals surface area contributed by atoms with E-state index in [1.807, 2.05) is 18.2 Å². The molecule has 0 atom stereocenters.